The molecule has 1 aliphatic carbocycles. The van der Waals surface area contributed by atoms with Crippen molar-refractivity contribution in [1.29, 1.82) is 0 Å². The number of rotatable bonds is 3. The molecular formula is C10H14N2O3S. The molecule has 1 fully saturated rings. The van der Waals surface area contributed by atoms with Crippen LogP contribution in [0.15, 0.2) is 28.2 Å². The van der Waals surface area contributed by atoms with E-state index in [2.05, 4.69) is 9.71 Å². The Morgan fingerprint density at radius 3 is 2.62 bits per heavy atom. The molecule has 1 saturated carbocycles. The lowest BCUT2D eigenvalue weighted by Crippen LogP contribution is -2.51. The fourth-order valence-corrected chi connectivity index (χ4v) is 3.32. The van der Waals surface area contributed by atoms with Gasteiger partial charge < -0.3 is 4.98 Å². The third-order valence-electron chi connectivity index (χ3n) is 2.92. The first-order valence-corrected chi connectivity index (χ1v) is 6.62. The Morgan fingerprint density at radius 1 is 1.44 bits per heavy atom. The van der Waals surface area contributed by atoms with Crippen LogP contribution in [0.5, 0.6) is 0 Å². The summed E-state index contributed by atoms with van der Waals surface area (Å²) in [6, 6.07) is 1.21. The van der Waals surface area contributed by atoms with Gasteiger partial charge in [0, 0.05) is 24.0 Å². The number of H-pyrrole nitrogens is 1. The molecule has 6 heteroatoms. The molecule has 0 spiro atoms. The van der Waals surface area contributed by atoms with Gasteiger partial charge in [0.2, 0.25) is 15.5 Å². The van der Waals surface area contributed by atoms with E-state index in [1.54, 1.807) is 0 Å². The molecule has 1 aliphatic rings. The van der Waals surface area contributed by atoms with E-state index in [9.17, 15) is 13.2 Å². The molecule has 0 atom stereocenters. The van der Waals surface area contributed by atoms with Crippen LogP contribution in [0.3, 0.4) is 0 Å². The molecule has 16 heavy (non-hydrogen) atoms. The highest BCUT2D eigenvalue weighted by Crippen LogP contribution is 2.32. The Kier molecular flexibility index (Phi) is 2.63. The number of sulfonamides is 1. The minimum absolute atomic E-state index is 0.219. The molecule has 0 bridgehead atoms. The first kappa shape index (κ1) is 11.3. The molecule has 2 N–H and O–H groups in total. The lowest BCUT2D eigenvalue weighted by atomic mass is 9.80. The Hall–Kier alpha value is -1.14. The van der Waals surface area contributed by atoms with E-state index in [-0.39, 0.29) is 10.4 Å². The average molecular weight is 242 g/mol. The minimum atomic E-state index is -3.70. The molecule has 5 nitrogen and oxygen atoms in total. The zero-order valence-corrected chi connectivity index (χ0v) is 9.80. The molecule has 0 saturated heterocycles. The molecule has 0 radical (unpaired) electrons. The lowest BCUT2D eigenvalue weighted by Gasteiger charge is -2.38. The van der Waals surface area contributed by atoms with Crippen molar-refractivity contribution in [2.75, 3.05) is 0 Å². The van der Waals surface area contributed by atoms with Gasteiger partial charge in [0.05, 0.1) is 0 Å². The van der Waals surface area contributed by atoms with Crippen molar-refractivity contribution < 1.29 is 8.42 Å². The Bertz CT molecular complexity index is 543. The van der Waals surface area contributed by atoms with Crippen molar-refractivity contribution in [1.82, 2.24) is 9.71 Å². The summed E-state index contributed by atoms with van der Waals surface area (Å²) in [4.78, 5) is 13.8. The van der Waals surface area contributed by atoms with Crippen molar-refractivity contribution in [2.24, 2.45) is 0 Å². The van der Waals surface area contributed by atoms with Gasteiger partial charge in [0.25, 0.3) is 0 Å². The fraction of sp³-hybridized carbons (Fsp3) is 0.500. The van der Waals surface area contributed by atoms with Crippen molar-refractivity contribution in [2.45, 2.75) is 36.6 Å². The monoisotopic (exact) mass is 242 g/mol. The standard InChI is InChI=1S/C10H14N2O3S/c1-10(4-2-5-10)12-16(14,15)9-7-11-6-3-8(9)13/h3,6-7,12H,2,4-5H2,1H3,(H,11,13). The largest absolute Gasteiger partial charge is 0.366 e. The molecular weight excluding hydrogens is 228 g/mol. The second-order valence-corrected chi connectivity index (χ2v) is 6.04. The summed E-state index contributed by atoms with van der Waals surface area (Å²) in [7, 11) is -3.70. The number of hydrogen-bond donors (Lipinski definition) is 2. The van der Waals surface area contributed by atoms with E-state index in [4.69, 9.17) is 0 Å². The van der Waals surface area contributed by atoms with Crippen LogP contribution in [-0.2, 0) is 10.0 Å². The highest BCUT2D eigenvalue weighted by Gasteiger charge is 2.36. The van der Waals surface area contributed by atoms with Gasteiger partial charge in [-0.3, -0.25) is 4.79 Å². The van der Waals surface area contributed by atoms with E-state index < -0.39 is 15.5 Å². The predicted molar refractivity (Wildman–Crippen MR) is 59.6 cm³/mol. The summed E-state index contributed by atoms with van der Waals surface area (Å²) < 4.78 is 26.4. The van der Waals surface area contributed by atoms with Gasteiger partial charge in [-0.2, -0.15) is 0 Å². The number of nitrogens with one attached hydrogen (secondary N) is 2. The van der Waals surface area contributed by atoms with Gasteiger partial charge in [0.15, 0.2) is 0 Å². The van der Waals surface area contributed by atoms with Gasteiger partial charge in [-0.15, -0.1) is 0 Å². The first-order valence-electron chi connectivity index (χ1n) is 5.14. The van der Waals surface area contributed by atoms with Crippen LogP contribution < -0.4 is 10.2 Å². The van der Waals surface area contributed by atoms with E-state index >= 15 is 0 Å². The molecule has 1 heterocycles. The Balaban J connectivity index is 2.33. The van der Waals surface area contributed by atoms with Gasteiger partial charge >= 0.3 is 0 Å². The average Bonchev–Trinajstić information content (AvgIpc) is 2.15. The number of pyridine rings is 1. The highest BCUT2D eigenvalue weighted by atomic mass is 32.2. The van der Waals surface area contributed by atoms with E-state index in [1.807, 2.05) is 6.92 Å². The zero-order valence-electron chi connectivity index (χ0n) is 8.99. The maximum atomic E-state index is 11.9. The van der Waals surface area contributed by atoms with E-state index in [1.165, 1.54) is 18.5 Å². The SMILES string of the molecule is CC1(NS(=O)(=O)c2c[nH]ccc2=O)CCC1. The molecule has 88 valence electrons. The van der Waals surface area contributed by atoms with Crippen LogP contribution in [0.4, 0.5) is 0 Å². The van der Waals surface area contributed by atoms with Gasteiger partial charge in [-0.05, 0) is 26.2 Å². The Labute approximate surface area is 93.9 Å². The summed E-state index contributed by atoms with van der Waals surface area (Å²) in [6.07, 6.45) is 5.28. The molecule has 1 aromatic rings. The summed E-state index contributed by atoms with van der Waals surface area (Å²) in [6.45, 7) is 1.85. The third-order valence-corrected chi connectivity index (χ3v) is 4.58. The van der Waals surface area contributed by atoms with Gasteiger partial charge in [-0.1, -0.05) is 0 Å². The Morgan fingerprint density at radius 2 is 2.12 bits per heavy atom. The van der Waals surface area contributed by atoms with Crippen LogP contribution in [0, 0.1) is 0 Å². The summed E-state index contributed by atoms with van der Waals surface area (Å²) in [5, 5.41) is 0. The second-order valence-electron chi connectivity index (χ2n) is 4.39. The van der Waals surface area contributed by atoms with Crippen LogP contribution in [0.1, 0.15) is 26.2 Å². The van der Waals surface area contributed by atoms with Gasteiger partial charge in [0.1, 0.15) is 4.90 Å². The maximum Gasteiger partial charge on any atom is 0.246 e. The van der Waals surface area contributed by atoms with Crippen LogP contribution in [0.25, 0.3) is 0 Å². The quantitative estimate of drug-likeness (QED) is 0.814. The smallest absolute Gasteiger partial charge is 0.246 e. The lowest BCUT2D eigenvalue weighted by molar-refractivity contribution is 0.248. The molecule has 2 rings (SSSR count). The van der Waals surface area contributed by atoms with Crippen LogP contribution in [0.2, 0.25) is 0 Å². The minimum Gasteiger partial charge on any atom is -0.366 e. The topological polar surface area (TPSA) is 79.0 Å². The normalized spacial score (nSPS) is 19.1. The fourth-order valence-electron chi connectivity index (χ4n) is 1.80. The number of hydrogen-bond acceptors (Lipinski definition) is 3. The van der Waals surface area contributed by atoms with Crippen molar-refractivity contribution in [3.63, 3.8) is 0 Å². The molecule has 0 aliphatic heterocycles. The molecule has 0 aromatic carbocycles. The zero-order chi connectivity index (χ0) is 11.8. The van der Waals surface area contributed by atoms with Crippen molar-refractivity contribution in [3.05, 3.63) is 28.7 Å². The summed E-state index contributed by atoms with van der Waals surface area (Å²) >= 11 is 0. The summed E-state index contributed by atoms with van der Waals surface area (Å²) in [5.74, 6) is 0. The highest BCUT2D eigenvalue weighted by molar-refractivity contribution is 7.89. The maximum absolute atomic E-state index is 11.9. The van der Waals surface area contributed by atoms with Gasteiger partial charge in [-0.25, -0.2) is 13.1 Å². The van der Waals surface area contributed by atoms with Crippen molar-refractivity contribution in [3.8, 4) is 0 Å². The predicted octanol–water partition coefficient (Wildman–Crippen LogP) is 0.596. The number of aromatic nitrogens is 1. The summed E-state index contributed by atoms with van der Waals surface area (Å²) in [5.41, 5.74) is -0.879. The molecule has 0 amide bonds. The van der Waals surface area contributed by atoms with Crippen LogP contribution in [-0.4, -0.2) is 18.9 Å². The number of aromatic amines is 1. The molecule has 0 unspecified atom stereocenters. The molecule has 1 aromatic heterocycles. The van der Waals surface area contributed by atoms with Crippen LogP contribution >= 0.6 is 0 Å². The first-order chi connectivity index (χ1) is 7.43. The van der Waals surface area contributed by atoms with E-state index in [0.717, 1.165) is 19.3 Å². The van der Waals surface area contributed by atoms with Crippen molar-refractivity contribution >= 4 is 10.0 Å². The van der Waals surface area contributed by atoms with E-state index in [0.29, 0.717) is 0 Å². The second kappa shape index (κ2) is 3.71. The third kappa shape index (κ3) is 2.03.